The molecule has 1 amide bonds. The zero-order valence-electron chi connectivity index (χ0n) is 12.4. The Hall–Kier alpha value is -1.35. The van der Waals surface area contributed by atoms with Gasteiger partial charge in [-0.1, -0.05) is 32.4 Å². The normalized spacial score (nSPS) is 10.9. The van der Waals surface area contributed by atoms with Gasteiger partial charge in [0.15, 0.2) is 0 Å². The molecule has 0 saturated carbocycles. The largest absolute Gasteiger partial charge is 0.356 e. The number of amides is 1. The molecule has 0 aliphatic carbocycles. The first-order valence-corrected chi connectivity index (χ1v) is 8.38. The first-order valence-electron chi connectivity index (χ1n) is 7.50. The maximum Gasteiger partial charge on any atom is 0.220 e. The lowest BCUT2D eigenvalue weighted by atomic mass is 10.1. The molecule has 0 atom stereocenters. The predicted molar refractivity (Wildman–Crippen MR) is 87.4 cm³/mol. The number of hydrogen-bond donors (Lipinski definition) is 1. The molecule has 2 aromatic rings. The van der Waals surface area contributed by atoms with Crippen molar-refractivity contribution < 1.29 is 4.79 Å². The number of hydrogen-bond acceptors (Lipinski definition) is 2. The molecule has 2 rings (SSSR count). The molecule has 0 spiro atoms. The Bertz CT molecular complexity index is 573. The maximum atomic E-state index is 11.6. The zero-order valence-corrected chi connectivity index (χ0v) is 13.2. The van der Waals surface area contributed by atoms with Crippen LogP contribution in [0.15, 0.2) is 23.6 Å². The lowest BCUT2D eigenvalue weighted by molar-refractivity contribution is -0.121. The molecule has 0 aliphatic rings. The zero-order chi connectivity index (χ0) is 14.4. The molecule has 2 nitrogen and oxygen atoms in total. The molecule has 0 aliphatic heterocycles. The molecule has 1 N–H and O–H groups in total. The fourth-order valence-corrected chi connectivity index (χ4v) is 3.28. The van der Waals surface area contributed by atoms with Crippen LogP contribution in [0.3, 0.4) is 0 Å². The van der Waals surface area contributed by atoms with Crippen molar-refractivity contribution in [3.05, 3.63) is 34.7 Å². The average Bonchev–Trinajstić information content (AvgIpc) is 2.87. The monoisotopic (exact) mass is 289 g/mol. The van der Waals surface area contributed by atoms with Crippen LogP contribution in [0.5, 0.6) is 0 Å². The van der Waals surface area contributed by atoms with E-state index in [1.54, 1.807) is 11.3 Å². The van der Waals surface area contributed by atoms with E-state index in [1.165, 1.54) is 21.2 Å². The number of carbonyl (C=O) groups excluding carboxylic acids is 1. The van der Waals surface area contributed by atoms with E-state index in [4.69, 9.17) is 0 Å². The summed E-state index contributed by atoms with van der Waals surface area (Å²) in [6.07, 6.45) is 4.69. The summed E-state index contributed by atoms with van der Waals surface area (Å²) in [6, 6.07) is 6.71. The van der Waals surface area contributed by atoms with Gasteiger partial charge in [0.2, 0.25) is 5.91 Å². The van der Waals surface area contributed by atoms with E-state index in [1.807, 2.05) is 0 Å². The van der Waals surface area contributed by atoms with Gasteiger partial charge in [-0.2, -0.15) is 0 Å². The number of benzene rings is 1. The van der Waals surface area contributed by atoms with Crippen molar-refractivity contribution in [2.75, 3.05) is 6.54 Å². The number of fused-ring (bicyclic) bond motifs is 1. The van der Waals surface area contributed by atoms with E-state index < -0.39 is 0 Å². The van der Waals surface area contributed by atoms with Gasteiger partial charge in [-0.25, -0.2) is 0 Å². The molecular formula is C17H23NOS. The molecule has 108 valence electrons. The Morgan fingerprint density at radius 1 is 1.30 bits per heavy atom. The molecule has 0 fully saturated rings. The van der Waals surface area contributed by atoms with Gasteiger partial charge >= 0.3 is 0 Å². The van der Waals surface area contributed by atoms with Crippen molar-refractivity contribution in [3.8, 4) is 0 Å². The van der Waals surface area contributed by atoms with Crippen LogP contribution in [0.1, 0.15) is 44.2 Å². The second-order valence-electron chi connectivity index (χ2n) is 5.15. The third kappa shape index (κ3) is 3.83. The number of unbranched alkanes of at least 4 members (excludes halogenated alkanes) is 1. The second kappa shape index (κ2) is 7.44. The second-order valence-corrected chi connectivity index (χ2v) is 6.06. The summed E-state index contributed by atoms with van der Waals surface area (Å²) in [5.41, 5.74) is 2.74. The number of rotatable bonds is 7. The van der Waals surface area contributed by atoms with Gasteiger partial charge in [-0.3, -0.25) is 4.79 Å². The van der Waals surface area contributed by atoms with Crippen LogP contribution >= 0.6 is 11.3 Å². The fourth-order valence-electron chi connectivity index (χ4n) is 2.30. The summed E-state index contributed by atoms with van der Waals surface area (Å²) in [5, 5.41) is 6.60. The summed E-state index contributed by atoms with van der Waals surface area (Å²) in [7, 11) is 0. The Labute approximate surface area is 125 Å². The first kappa shape index (κ1) is 15.0. The Balaban J connectivity index is 1.94. The number of aryl methyl sites for hydroxylation is 1. The van der Waals surface area contributed by atoms with E-state index in [-0.39, 0.29) is 5.91 Å². The van der Waals surface area contributed by atoms with E-state index >= 15 is 0 Å². The van der Waals surface area contributed by atoms with Crippen LogP contribution in [0, 0.1) is 0 Å². The van der Waals surface area contributed by atoms with Crippen LogP contribution in [0.25, 0.3) is 10.1 Å². The molecule has 1 heterocycles. The van der Waals surface area contributed by atoms with Crippen molar-refractivity contribution in [2.24, 2.45) is 0 Å². The van der Waals surface area contributed by atoms with Gasteiger partial charge in [-0.05, 0) is 47.2 Å². The van der Waals surface area contributed by atoms with Crippen LogP contribution < -0.4 is 5.32 Å². The van der Waals surface area contributed by atoms with E-state index in [9.17, 15) is 4.79 Å². The SMILES string of the molecule is CCCCC(=O)NCCc1csc2ccc(CC)cc12. The third-order valence-corrected chi connectivity index (χ3v) is 4.61. The molecule has 3 heteroatoms. The van der Waals surface area contributed by atoms with Crippen LogP contribution in [-0.4, -0.2) is 12.5 Å². The van der Waals surface area contributed by atoms with Crippen LogP contribution in [0.4, 0.5) is 0 Å². The summed E-state index contributed by atoms with van der Waals surface area (Å²) in [6.45, 7) is 5.03. The van der Waals surface area contributed by atoms with Crippen molar-refractivity contribution in [2.45, 2.75) is 46.0 Å². The van der Waals surface area contributed by atoms with E-state index in [0.717, 1.165) is 32.2 Å². The van der Waals surface area contributed by atoms with Crippen molar-refractivity contribution in [3.63, 3.8) is 0 Å². The summed E-state index contributed by atoms with van der Waals surface area (Å²) in [4.78, 5) is 11.6. The molecule has 0 bridgehead atoms. The van der Waals surface area contributed by atoms with E-state index in [2.05, 4.69) is 42.7 Å². The lowest BCUT2D eigenvalue weighted by Gasteiger charge is -2.05. The smallest absolute Gasteiger partial charge is 0.220 e. The minimum absolute atomic E-state index is 0.181. The Morgan fingerprint density at radius 2 is 2.15 bits per heavy atom. The highest BCUT2D eigenvalue weighted by Crippen LogP contribution is 2.27. The van der Waals surface area contributed by atoms with Crippen molar-refractivity contribution in [1.29, 1.82) is 0 Å². The highest BCUT2D eigenvalue weighted by atomic mass is 32.1. The standard InChI is InChI=1S/C17H23NOS/c1-3-5-6-17(19)18-10-9-14-12-20-16-8-7-13(4-2)11-15(14)16/h7-8,11-12H,3-6,9-10H2,1-2H3,(H,18,19). The Kier molecular flexibility index (Phi) is 5.60. The quantitative estimate of drug-likeness (QED) is 0.808. The van der Waals surface area contributed by atoms with Gasteiger partial charge in [0.1, 0.15) is 0 Å². The molecule has 0 radical (unpaired) electrons. The van der Waals surface area contributed by atoms with Gasteiger partial charge in [0, 0.05) is 17.7 Å². The first-order chi connectivity index (χ1) is 9.74. The maximum absolute atomic E-state index is 11.6. The molecule has 0 unspecified atom stereocenters. The Morgan fingerprint density at radius 3 is 2.90 bits per heavy atom. The molecule has 20 heavy (non-hydrogen) atoms. The van der Waals surface area contributed by atoms with Crippen molar-refractivity contribution in [1.82, 2.24) is 5.32 Å². The van der Waals surface area contributed by atoms with Gasteiger partial charge in [0.25, 0.3) is 0 Å². The summed E-state index contributed by atoms with van der Waals surface area (Å²) >= 11 is 1.79. The van der Waals surface area contributed by atoms with E-state index in [0.29, 0.717) is 6.42 Å². The highest BCUT2D eigenvalue weighted by Gasteiger charge is 2.06. The summed E-state index contributed by atoms with van der Waals surface area (Å²) < 4.78 is 1.34. The van der Waals surface area contributed by atoms with Crippen LogP contribution in [-0.2, 0) is 17.6 Å². The van der Waals surface area contributed by atoms with Gasteiger partial charge in [-0.15, -0.1) is 11.3 Å². The number of nitrogens with one attached hydrogen (secondary N) is 1. The molecule has 0 saturated heterocycles. The fraction of sp³-hybridized carbons (Fsp3) is 0.471. The van der Waals surface area contributed by atoms with Crippen molar-refractivity contribution >= 4 is 27.3 Å². The summed E-state index contributed by atoms with van der Waals surface area (Å²) in [5.74, 6) is 0.181. The number of thiophene rings is 1. The minimum Gasteiger partial charge on any atom is -0.356 e. The highest BCUT2D eigenvalue weighted by molar-refractivity contribution is 7.17. The average molecular weight is 289 g/mol. The van der Waals surface area contributed by atoms with Gasteiger partial charge in [0.05, 0.1) is 0 Å². The topological polar surface area (TPSA) is 29.1 Å². The molecular weight excluding hydrogens is 266 g/mol. The lowest BCUT2D eigenvalue weighted by Crippen LogP contribution is -2.25. The van der Waals surface area contributed by atoms with Gasteiger partial charge < -0.3 is 5.32 Å². The van der Waals surface area contributed by atoms with Crippen LogP contribution in [0.2, 0.25) is 0 Å². The predicted octanol–water partition coefficient (Wildman–Crippen LogP) is 4.31. The molecule has 1 aromatic heterocycles. The third-order valence-electron chi connectivity index (χ3n) is 3.60. The molecule has 1 aromatic carbocycles. The number of carbonyl (C=O) groups is 1. The minimum atomic E-state index is 0.181.